The first-order valence-corrected chi connectivity index (χ1v) is 12.4. The van der Waals surface area contributed by atoms with Crippen LogP contribution in [-0.4, -0.2) is 47.8 Å². The van der Waals surface area contributed by atoms with Gasteiger partial charge >= 0.3 is 0 Å². The van der Waals surface area contributed by atoms with Gasteiger partial charge < -0.3 is 20.1 Å². The Bertz CT molecular complexity index is 1360. The Hall–Kier alpha value is -4.45. The smallest absolute Gasteiger partial charge is 0.275 e. The summed E-state index contributed by atoms with van der Waals surface area (Å²) in [5.74, 6) is -0.978. The first-order valence-electron chi connectivity index (χ1n) is 11.6. The minimum atomic E-state index is -0.612. The largest absolute Gasteiger partial charge is 0.507 e. The molecule has 0 aliphatic carbocycles. The number of rotatable bonds is 11. The molecule has 0 spiro atoms. The molecule has 0 aliphatic heterocycles. The van der Waals surface area contributed by atoms with Crippen molar-refractivity contribution in [3.8, 4) is 11.5 Å². The molecule has 3 aromatic carbocycles. The second-order valence-corrected chi connectivity index (χ2v) is 8.81. The summed E-state index contributed by atoms with van der Waals surface area (Å²) in [5.41, 5.74) is 3.88. The number of anilines is 2. The third-order valence-corrected chi connectivity index (χ3v) is 5.89. The summed E-state index contributed by atoms with van der Waals surface area (Å²) in [6.07, 6.45) is 1.37. The van der Waals surface area contributed by atoms with Crippen LogP contribution < -0.4 is 20.4 Å². The maximum absolute atomic E-state index is 12.5. The van der Waals surface area contributed by atoms with Crippen molar-refractivity contribution in [3.05, 3.63) is 86.4 Å². The standard InChI is InChI=1S/C26H26BrN5O6/c1-3-31(4-2)20-10-8-17(15-28-30-26(35)22-12-18(27)9-11-23(22)33)24(14-20)38-16-25(34)29-19-6-5-7-21(13-19)32(36)37/h5-15,33H,3-4,16H2,1-2H3,(H,29,34)(H,30,35)/b28-15+. The topological polar surface area (TPSA) is 146 Å². The van der Waals surface area contributed by atoms with Gasteiger partial charge in [-0.1, -0.05) is 22.0 Å². The first kappa shape index (κ1) is 28.1. The number of non-ortho nitro benzene ring substituents is 1. The van der Waals surface area contributed by atoms with Crippen LogP contribution >= 0.6 is 15.9 Å². The molecule has 198 valence electrons. The molecule has 3 rings (SSSR count). The summed E-state index contributed by atoms with van der Waals surface area (Å²) < 4.78 is 6.40. The molecular formula is C26H26BrN5O6. The third-order valence-electron chi connectivity index (χ3n) is 5.40. The van der Waals surface area contributed by atoms with Crippen molar-refractivity contribution in [1.29, 1.82) is 0 Å². The summed E-state index contributed by atoms with van der Waals surface area (Å²) in [4.78, 5) is 37.4. The van der Waals surface area contributed by atoms with E-state index in [2.05, 4.69) is 36.7 Å². The molecule has 11 nitrogen and oxygen atoms in total. The van der Waals surface area contributed by atoms with Crippen LogP contribution in [-0.2, 0) is 4.79 Å². The number of phenolic OH excluding ortho intramolecular Hbond substituents is 1. The molecule has 0 saturated carbocycles. The average Bonchev–Trinajstić information content (AvgIpc) is 2.90. The normalized spacial score (nSPS) is 10.7. The molecule has 0 aromatic heterocycles. The van der Waals surface area contributed by atoms with Gasteiger partial charge in [0.2, 0.25) is 0 Å². The summed E-state index contributed by atoms with van der Waals surface area (Å²) >= 11 is 3.26. The van der Waals surface area contributed by atoms with Crippen molar-refractivity contribution in [2.24, 2.45) is 5.10 Å². The predicted molar refractivity (Wildman–Crippen MR) is 148 cm³/mol. The zero-order chi connectivity index (χ0) is 27.7. The molecule has 38 heavy (non-hydrogen) atoms. The second kappa shape index (κ2) is 13.2. The third kappa shape index (κ3) is 7.53. The predicted octanol–water partition coefficient (Wildman–Crippen LogP) is 4.69. The highest BCUT2D eigenvalue weighted by molar-refractivity contribution is 9.10. The summed E-state index contributed by atoms with van der Waals surface area (Å²) in [6, 6.07) is 15.4. The van der Waals surface area contributed by atoms with Gasteiger partial charge in [0.1, 0.15) is 11.5 Å². The van der Waals surface area contributed by atoms with Gasteiger partial charge in [-0.2, -0.15) is 5.10 Å². The van der Waals surface area contributed by atoms with Gasteiger partial charge in [0.15, 0.2) is 6.61 Å². The number of nitro benzene ring substituents is 1. The van der Waals surface area contributed by atoms with Gasteiger partial charge in [-0.25, -0.2) is 5.43 Å². The van der Waals surface area contributed by atoms with E-state index in [-0.39, 0.29) is 29.3 Å². The van der Waals surface area contributed by atoms with Crippen molar-refractivity contribution >= 4 is 51.0 Å². The lowest BCUT2D eigenvalue weighted by Gasteiger charge is -2.22. The first-order chi connectivity index (χ1) is 18.2. The van der Waals surface area contributed by atoms with E-state index in [9.17, 15) is 24.8 Å². The van der Waals surface area contributed by atoms with Gasteiger partial charge in [-0.05, 0) is 50.2 Å². The lowest BCUT2D eigenvalue weighted by Crippen LogP contribution is -2.23. The lowest BCUT2D eigenvalue weighted by atomic mass is 10.1. The maximum atomic E-state index is 12.5. The molecule has 0 bridgehead atoms. The van der Waals surface area contributed by atoms with Gasteiger partial charge in [0, 0.05) is 52.7 Å². The van der Waals surface area contributed by atoms with Gasteiger partial charge in [0.25, 0.3) is 17.5 Å². The molecule has 0 heterocycles. The average molecular weight is 584 g/mol. The number of aromatic hydroxyl groups is 1. The van der Waals surface area contributed by atoms with E-state index >= 15 is 0 Å². The quantitative estimate of drug-likeness (QED) is 0.168. The van der Waals surface area contributed by atoms with Crippen LogP contribution in [0.15, 0.2) is 70.2 Å². The number of phenols is 1. The van der Waals surface area contributed by atoms with Crippen LogP contribution in [0.1, 0.15) is 29.8 Å². The number of ether oxygens (including phenoxy) is 1. The minimum absolute atomic E-state index is 0.0442. The number of carbonyl (C=O) groups is 2. The lowest BCUT2D eigenvalue weighted by molar-refractivity contribution is -0.384. The molecule has 0 saturated heterocycles. The van der Waals surface area contributed by atoms with Crippen LogP contribution in [0.25, 0.3) is 0 Å². The Morgan fingerprint density at radius 2 is 1.89 bits per heavy atom. The maximum Gasteiger partial charge on any atom is 0.275 e. The number of nitro groups is 1. The Balaban J connectivity index is 1.76. The van der Waals surface area contributed by atoms with Crippen LogP contribution in [0, 0.1) is 10.1 Å². The number of nitrogens with one attached hydrogen (secondary N) is 2. The summed E-state index contributed by atoms with van der Waals surface area (Å²) in [5, 5.41) is 27.5. The van der Waals surface area contributed by atoms with Gasteiger partial charge in [-0.15, -0.1) is 0 Å². The zero-order valence-corrected chi connectivity index (χ0v) is 22.3. The molecule has 3 N–H and O–H groups in total. The second-order valence-electron chi connectivity index (χ2n) is 7.90. The SMILES string of the molecule is CCN(CC)c1ccc(/C=N/NC(=O)c2cc(Br)ccc2O)c(OCC(=O)Nc2cccc([N+](=O)[O-])c2)c1. The highest BCUT2D eigenvalue weighted by atomic mass is 79.9. The van der Waals surface area contributed by atoms with E-state index in [4.69, 9.17) is 4.74 Å². The van der Waals surface area contributed by atoms with Crippen LogP contribution in [0.5, 0.6) is 11.5 Å². The van der Waals surface area contributed by atoms with Crippen molar-refractivity contribution in [1.82, 2.24) is 5.43 Å². The summed E-state index contributed by atoms with van der Waals surface area (Å²) in [6.45, 7) is 5.16. The van der Waals surface area contributed by atoms with Crippen LogP contribution in [0.4, 0.5) is 17.1 Å². The molecule has 0 radical (unpaired) electrons. The number of hydrogen-bond acceptors (Lipinski definition) is 8. The molecular weight excluding hydrogens is 558 g/mol. The van der Waals surface area contributed by atoms with Crippen LogP contribution in [0.3, 0.4) is 0 Å². The van der Waals surface area contributed by atoms with E-state index in [1.807, 2.05) is 19.9 Å². The fraction of sp³-hybridized carbons (Fsp3) is 0.192. The molecule has 12 heteroatoms. The molecule has 3 aromatic rings. The van der Waals surface area contributed by atoms with E-state index in [0.717, 1.165) is 18.8 Å². The number of nitrogens with zero attached hydrogens (tertiary/aromatic N) is 3. The van der Waals surface area contributed by atoms with Crippen molar-refractivity contribution in [2.45, 2.75) is 13.8 Å². The molecule has 0 unspecified atom stereocenters. The zero-order valence-electron chi connectivity index (χ0n) is 20.7. The number of hydrazone groups is 1. The summed E-state index contributed by atoms with van der Waals surface area (Å²) in [7, 11) is 0. The van der Waals surface area contributed by atoms with E-state index in [0.29, 0.717) is 15.8 Å². The number of hydrogen-bond donors (Lipinski definition) is 3. The van der Waals surface area contributed by atoms with Crippen molar-refractivity contribution in [3.63, 3.8) is 0 Å². The number of benzene rings is 3. The van der Waals surface area contributed by atoms with Crippen molar-refractivity contribution < 1.29 is 24.4 Å². The Kier molecular flexibility index (Phi) is 9.77. The Morgan fingerprint density at radius 1 is 1.13 bits per heavy atom. The van der Waals surface area contributed by atoms with Gasteiger partial charge in [-0.3, -0.25) is 19.7 Å². The Labute approximate surface area is 227 Å². The van der Waals surface area contributed by atoms with Gasteiger partial charge in [0.05, 0.1) is 16.7 Å². The number of carbonyl (C=O) groups excluding carboxylic acids is 2. The Morgan fingerprint density at radius 3 is 2.61 bits per heavy atom. The highest BCUT2D eigenvalue weighted by Gasteiger charge is 2.13. The monoisotopic (exact) mass is 583 g/mol. The van der Waals surface area contributed by atoms with Crippen molar-refractivity contribution in [2.75, 3.05) is 29.9 Å². The molecule has 0 atom stereocenters. The minimum Gasteiger partial charge on any atom is -0.507 e. The molecule has 0 aliphatic rings. The fourth-order valence-electron chi connectivity index (χ4n) is 3.49. The molecule has 2 amide bonds. The van der Waals surface area contributed by atoms with E-state index in [1.54, 1.807) is 18.2 Å². The van der Waals surface area contributed by atoms with E-state index < -0.39 is 16.7 Å². The molecule has 0 fully saturated rings. The number of amides is 2. The van der Waals surface area contributed by atoms with Crippen LogP contribution in [0.2, 0.25) is 0 Å². The fourth-order valence-corrected chi connectivity index (χ4v) is 3.85. The number of halogens is 1. The highest BCUT2D eigenvalue weighted by Crippen LogP contribution is 2.26. The van der Waals surface area contributed by atoms with E-state index in [1.165, 1.54) is 42.6 Å².